The van der Waals surface area contributed by atoms with Gasteiger partial charge in [0, 0.05) is 28.7 Å². The van der Waals surface area contributed by atoms with Crippen LogP contribution in [0.5, 0.6) is 11.5 Å². The number of methoxy groups -OCH3 is 2. The molecule has 0 fully saturated rings. The molecule has 5 nitrogen and oxygen atoms in total. The predicted molar refractivity (Wildman–Crippen MR) is 108 cm³/mol. The largest absolute Gasteiger partial charge is 0.493 e. The number of Topliss-reactive ketones (excluding diaryl/α,β-unsaturated/α-hetero) is 1. The number of carbonyl (C=O) groups is 1. The van der Waals surface area contributed by atoms with E-state index in [0.717, 1.165) is 27.7 Å². The zero-order valence-corrected chi connectivity index (χ0v) is 16.5. The number of H-pyrrole nitrogens is 1. The number of hydrogen-bond donors (Lipinski definition) is 1. The van der Waals surface area contributed by atoms with Crippen molar-refractivity contribution in [3.8, 4) is 11.5 Å². The fourth-order valence-corrected chi connectivity index (χ4v) is 3.41. The van der Waals surface area contributed by atoms with Gasteiger partial charge in [0.2, 0.25) is 0 Å². The molecule has 142 valence electrons. The third-order valence-electron chi connectivity index (χ3n) is 5.06. The SMILES string of the molecule is COc1ccc(CN(C)C(C)C(=O)c2c(C)[nH]c3ccccc23)cc1OC. The van der Waals surface area contributed by atoms with Crippen LogP contribution in [0.1, 0.15) is 28.5 Å². The maximum absolute atomic E-state index is 13.2. The van der Waals surface area contributed by atoms with Gasteiger partial charge in [-0.05, 0) is 44.7 Å². The van der Waals surface area contributed by atoms with Gasteiger partial charge in [0.1, 0.15) is 0 Å². The van der Waals surface area contributed by atoms with Gasteiger partial charge in [0.05, 0.1) is 20.3 Å². The summed E-state index contributed by atoms with van der Waals surface area (Å²) >= 11 is 0. The molecule has 0 aliphatic rings. The zero-order chi connectivity index (χ0) is 19.6. The van der Waals surface area contributed by atoms with Gasteiger partial charge in [-0.15, -0.1) is 0 Å². The van der Waals surface area contributed by atoms with Crippen molar-refractivity contribution in [3.63, 3.8) is 0 Å². The second-order valence-corrected chi connectivity index (χ2v) is 6.82. The van der Waals surface area contributed by atoms with E-state index >= 15 is 0 Å². The lowest BCUT2D eigenvalue weighted by molar-refractivity contribution is 0.0863. The summed E-state index contributed by atoms with van der Waals surface area (Å²) in [5.41, 5.74) is 3.74. The van der Waals surface area contributed by atoms with Crippen molar-refractivity contribution >= 4 is 16.7 Å². The van der Waals surface area contributed by atoms with E-state index in [-0.39, 0.29) is 11.8 Å². The van der Waals surface area contributed by atoms with Crippen molar-refractivity contribution in [3.05, 3.63) is 59.3 Å². The molecule has 27 heavy (non-hydrogen) atoms. The molecule has 3 aromatic rings. The van der Waals surface area contributed by atoms with Gasteiger partial charge >= 0.3 is 0 Å². The molecule has 1 heterocycles. The maximum Gasteiger partial charge on any atom is 0.182 e. The first-order valence-electron chi connectivity index (χ1n) is 8.99. The van der Waals surface area contributed by atoms with Gasteiger partial charge in [-0.2, -0.15) is 0 Å². The quantitative estimate of drug-likeness (QED) is 0.637. The Balaban J connectivity index is 1.81. The number of aromatic amines is 1. The van der Waals surface area contributed by atoms with Gasteiger partial charge in [-0.3, -0.25) is 9.69 Å². The zero-order valence-electron chi connectivity index (χ0n) is 16.5. The molecule has 0 spiro atoms. The molecular formula is C22H26N2O3. The Bertz CT molecular complexity index is 961. The molecule has 0 saturated heterocycles. The lowest BCUT2D eigenvalue weighted by Crippen LogP contribution is -2.35. The van der Waals surface area contributed by atoms with Crippen LogP contribution in [-0.4, -0.2) is 43.0 Å². The molecule has 0 aliphatic heterocycles. The van der Waals surface area contributed by atoms with E-state index in [2.05, 4.69) is 4.98 Å². The van der Waals surface area contributed by atoms with Crippen molar-refractivity contribution in [2.75, 3.05) is 21.3 Å². The number of nitrogens with one attached hydrogen (secondary N) is 1. The maximum atomic E-state index is 13.2. The Morgan fingerprint density at radius 1 is 1.11 bits per heavy atom. The molecule has 1 unspecified atom stereocenters. The molecule has 1 atom stereocenters. The highest BCUT2D eigenvalue weighted by Crippen LogP contribution is 2.29. The molecule has 0 bridgehead atoms. The van der Waals surface area contributed by atoms with E-state index in [1.54, 1.807) is 14.2 Å². The van der Waals surface area contributed by atoms with Crippen LogP contribution < -0.4 is 9.47 Å². The fourth-order valence-electron chi connectivity index (χ4n) is 3.41. The Labute approximate surface area is 159 Å². The normalized spacial score (nSPS) is 12.4. The molecule has 1 N–H and O–H groups in total. The average molecular weight is 366 g/mol. The number of ether oxygens (including phenoxy) is 2. The highest BCUT2D eigenvalue weighted by atomic mass is 16.5. The molecular weight excluding hydrogens is 340 g/mol. The number of fused-ring (bicyclic) bond motifs is 1. The highest BCUT2D eigenvalue weighted by Gasteiger charge is 2.24. The number of ketones is 1. The van der Waals surface area contributed by atoms with Gasteiger partial charge in [-0.25, -0.2) is 0 Å². The predicted octanol–water partition coefficient (Wildman–Crippen LogP) is 4.20. The number of rotatable bonds is 7. The smallest absolute Gasteiger partial charge is 0.182 e. The first kappa shape index (κ1) is 19.0. The van der Waals surface area contributed by atoms with Crippen molar-refractivity contribution in [2.45, 2.75) is 26.4 Å². The van der Waals surface area contributed by atoms with E-state index in [0.29, 0.717) is 18.0 Å². The van der Waals surface area contributed by atoms with Gasteiger partial charge < -0.3 is 14.5 Å². The summed E-state index contributed by atoms with van der Waals surface area (Å²) in [6.45, 7) is 4.53. The summed E-state index contributed by atoms with van der Waals surface area (Å²) in [4.78, 5) is 18.5. The number of nitrogens with zero attached hydrogens (tertiary/aromatic N) is 1. The minimum Gasteiger partial charge on any atom is -0.493 e. The van der Waals surface area contributed by atoms with Crippen LogP contribution in [0.2, 0.25) is 0 Å². The molecule has 0 saturated carbocycles. The van der Waals surface area contributed by atoms with Gasteiger partial charge in [0.15, 0.2) is 17.3 Å². The third-order valence-corrected chi connectivity index (χ3v) is 5.06. The number of benzene rings is 2. The van der Waals surface area contributed by atoms with Crippen LogP contribution in [0.3, 0.4) is 0 Å². The summed E-state index contributed by atoms with van der Waals surface area (Å²) in [7, 11) is 5.20. The summed E-state index contributed by atoms with van der Waals surface area (Å²) in [5, 5.41) is 0.978. The summed E-state index contributed by atoms with van der Waals surface area (Å²) < 4.78 is 10.7. The topological polar surface area (TPSA) is 54.6 Å². The van der Waals surface area contributed by atoms with Crippen LogP contribution in [0.15, 0.2) is 42.5 Å². The molecule has 2 aromatic carbocycles. The summed E-state index contributed by atoms with van der Waals surface area (Å²) in [6, 6.07) is 13.5. The van der Waals surface area contributed by atoms with Gasteiger partial charge in [0.25, 0.3) is 0 Å². The minimum absolute atomic E-state index is 0.118. The van der Waals surface area contributed by atoms with E-state index in [1.165, 1.54) is 0 Å². The fraction of sp³-hybridized carbons (Fsp3) is 0.318. The number of para-hydroxylation sites is 1. The number of hydrogen-bond acceptors (Lipinski definition) is 4. The van der Waals surface area contributed by atoms with Crippen molar-refractivity contribution in [1.29, 1.82) is 0 Å². The van der Waals surface area contributed by atoms with Crippen LogP contribution in [-0.2, 0) is 6.54 Å². The van der Waals surface area contributed by atoms with Crippen LogP contribution in [0, 0.1) is 6.92 Å². The van der Waals surface area contributed by atoms with E-state index < -0.39 is 0 Å². The Hall–Kier alpha value is -2.79. The van der Waals surface area contributed by atoms with Crippen molar-refractivity contribution < 1.29 is 14.3 Å². The molecule has 1 aromatic heterocycles. The van der Waals surface area contributed by atoms with Crippen LogP contribution in [0.4, 0.5) is 0 Å². The van der Waals surface area contributed by atoms with E-state index in [9.17, 15) is 4.79 Å². The number of aryl methyl sites for hydroxylation is 1. The number of aromatic nitrogens is 1. The Morgan fingerprint density at radius 2 is 1.81 bits per heavy atom. The van der Waals surface area contributed by atoms with Crippen LogP contribution >= 0.6 is 0 Å². The minimum atomic E-state index is -0.254. The van der Waals surface area contributed by atoms with Crippen LogP contribution in [0.25, 0.3) is 10.9 Å². The second kappa shape index (κ2) is 7.84. The number of likely N-dealkylation sites (N-methyl/N-ethyl adjacent to an activating group) is 1. The lowest BCUT2D eigenvalue weighted by atomic mass is 10.0. The average Bonchev–Trinajstić information content (AvgIpc) is 3.02. The molecule has 0 amide bonds. The Morgan fingerprint density at radius 3 is 2.52 bits per heavy atom. The molecule has 3 rings (SSSR count). The lowest BCUT2D eigenvalue weighted by Gasteiger charge is -2.24. The Kier molecular flexibility index (Phi) is 5.51. The number of carbonyl (C=O) groups excluding carboxylic acids is 1. The molecule has 0 radical (unpaired) electrons. The van der Waals surface area contributed by atoms with E-state index in [4.69, 9.17) is 9.47 Å². The molecule has 0 aliphatic carbocycles. The first-order valence-corrected chi connectivity index (χ1v) is 8.99. The molecule has 5 heteroatoms. The third kappa shape index (κ3) is 3.69. The highest BCUT2D eigenvalue weighted by molar-refractivity contribution is 6.11. The first-order chi connectivity index (χ1) is 13.0. The van der Waals surface area contributed by atoms with E-state index in [1.807, 2.05) is 68.3 Å². The second-order valence-electron chi connectivity index (χ2n) is 6.82. The summed E-state index contributed by atoms with van der Waals surface area (Å²) in [6.07, 6.45) is 0. The van der Waals surface area contributed by atoms with Crippen molar-refractivity contribution in [2.24, 2.45) is 0 Å². The van der Waals surface area contributed by atoms with Crippen molar-refractivity contribution in [1.82, 2.24) is 9.88 Å². The standard InChI is InChI=1S/C22H26N2O3/c1-14-21(17-8-6-7-9-18(17)23-14)22(25)15(2)24(3)13-16-10-11-19(26-4)20(12-16)27-5/h6-12,15,23H,13H2,1-5H3. The monoisotopic (exact) mass is 366 g/mol. The van der Waals surface area contributed by atoms with Gasteiger partial charge in [-0.1, -0.05) is 24.3 Å². The summed E-state index contributed by atoms with van der Waals surface area (Å²) in [5.74, 6) is 1.50.